The number of halogens is 1. The zero-order chi connectivity index (χ0) is 22.9. The molecule has 0 unspecified atom stereocenters. The Hall–Kier alpha value is -3.22. The number of nitrogens with one attached hydrogen (secondary N) is 1. The van der Waals surface area contributed by atoms with Gasteiger partial charge >= 0.3 is 5.97 Å². The molecule has 1 saturated heterocycles. The molecule has 2 amide bonds. The Morgan fingerprint density at radius 1 is 1.03 bits per heavy atom. The fraction of sp³-hybridized carbons (Fsp3) is 0.400. The molecule has 2 aromatic carbocycles. The van der Waals surface area contributed by atoms with E-state index in [0.29, 0.717) is 44.3 Å². The largest absolute Gasteiger partial charge is 0.464 e. The molecule has 7 heteroatoms. The van der Waals surface area contributed by atoms with Crippen molar-refractivity contribution in [2.45, 2.75) is 32.6 Å². The summed E-state index contributed by atoms with van der Waals surface area (Å²) in [5, 5.41) is 2.77. The minimum atomic E-state index is -0.384. The van der Waals surface area contributed by atoms with Gasteiger partial charge in [-0.05, 0) is 56.0 Å². The molecule has 1 aliphatic heterocycles. The predicted octanol–water partition coefficient (Wildman–Crippen LogP) is 3.28. The molecule has 0 radical (unpaired) electrons. The van der Waals surface area contributed by atoms with E-state index < -0.39 is 0 Å². The average Bonchev–Trinajstić information content (AvgIpc) is 2.81. The maximum atomic E-state index is 13.0. The number of aryl methyl sites for hydroxylation is 2. The quantitative estimate of drug-likeness (QED) is 0.505. The lowest BCUT2D eigenvalue weighted by Gasteiger charge is -2.31. The van der Waals surface area contributed by atoms with Gasteiger partial charge in [0.1, 0.15) is 12.4 Å². The number of carbonyl (C=O) groups is 3. The zero-order valence-electron chi connectivity index (χ0n) is 18.3. The summed E-state index contributed by atoms with van der Waals surface area (Å²) < 4.78 is 18.3. The lowest BCUT2D eigenvalue weighted by molar-refractivity contribution is -0.150. The Labute approximate surface area is 187 Å². The van der Waals surface area contributed by atoms with Gasteiger partial charge in [0.15, 0.2) is 0 Å². The van der Waals surface area contributed by atoms with Gasteiger partial charge in [-0.3, -0.25) is 14.4 Å². The third-order valence-electron chi connectivity index (χ3n) is 5.64. The molecule has 1 heterocycles. The Bertz CT molecular complexity index is 920. The van der Waals surface area contributed by atoms with Crippen molar-refractivity contribution >= 4 is 17.8 Å². The van der Waals surface area contributed by atoms with Crippen LogP contribution in [0, 0.1) is 18.7 Å². The van der Waals surface area contributed by atoms with E-state index in [1.807, 2.05) is 31.2 Å². The number of rotatable bonds is 8. The number of likely N-dealkylation sites (tertiary alicyclic amines) is 1. The van der Waals surface area contributed by atoms with Crippen molar-refractivity contribution in [3.63, 3.8) is 0 Å². The molecule has 0 atom stereocenters. The minimum Gasteiger partial charge on any atom is -0.464 e. The summed E-state index contributed by atoms with van der Waals surface area (Å²) in [6.45, 7) is 3.33. The van der Waals surface area contributed by atoms with Crippen molar-refractivity contribution in [3.8, 4) is 0 Å². The predicted molar refractivity (Wildman–Crippen MR) is 118 cm³/mol. The first-order valence-corrected chi connectivity index (χ1v) is 11.0. The van der Waals surface area contributed by atoms with Crippen molar-refractivity contribution in [3.05, 3.63) is 71.0 Å². The standard InChI is InChI=1S/C25H29FN2O4/c1-18-2-4-19(5-3-18)6-11-23(29)27-14-17-32-25(31)21-12-15-28(16-13-21)24(30)20-7-9-22(26)10-8-20/h2-5,7-10,21H,6,11-17H2,1H3,(H,27,29). The van der Waals surface area contributed by atoms with Crippen LogP contribution in [0.2, 0.25) is 0 Å². The SMILES string of the molecule is Cc1ccc(CCC(=O)NCCOC(=O)C2CCN(C(=O)c3ccc(F)cc3)CC2)cc1. The van der Waals surface area contributed by atoms with Crippen LogP contribution in [0.4, 0.5) is 4.39 Å². The Balaban J connectivity index is 1.30. The first-order valence-electron chi connectivity index (χ1n) is 11.0. The van der Waals surface area contributed by atoms with Crippen molar-refractivity contribution in [2.24, 2.45) is 5.92 Å². The van der Waals surface area contributed by atoms with Crippen LogP contribution < -0.4 is 5.32 Å². The molecule has 0 bridgehead atoms. The highest BCUT2D eigenvalue weighted by atomic mass is 19.1. The van der Waals surface area contributed by atoms with E-state index in [1.54, 1.807) is 4.90 Å². The highest BCUT2D eigenvalue weighted by Crippen LogP contribution is 2.20. The molecule has 0 saturated carbocycles. The molecule has 0 aromatic heterocycles. The number of benzene rings is 2. The average molecular weight is 441 g/mol. The van der Waals surface area contributed by atoms with Gasteiger partial charge < -0.3 is 15.0 Å². The molecule has 32 heavy (non-hydrogen) atoms. The van der Waals surface area contributed by atoms with Gasteiger partial charge in [-0.1, -0.05) is 29.8 Å². The highest BCUT2D eigenvalue weighted by Gasteiger charge is 2.28. The molecule has 6 nitrogen and oxygen atoms in total. The smallest absolute Gasteiger partial charge is 0.309 e. The fourth-order valence-electron chi connectivity index (χ4n) is 3.65. The van der Waals surface area contributed by atoms with Crippen LogP contribution in [-0.2, 0) is 20.7 Å². The van der Waals surface area contributed by atoms with E-state index in [-0.39, 0.29) is 42.7 Å². The molecule has 0 aliphatic carbocycles. The Morgan fingerprint density at radius 2 is 1.69 bits per heavy atom. The van der Waals surface area contributed by atoms with E-state index >= 15 is 0 Å². The van der Waals surface area contributed by atoms with Gasteiger partial charge in [-0.25, -0.2) is 4.39 Å². The maximum absolute atomic E-state index is 13.0. The minimum absolute atomic E-state index is 0.0748. The van der Waals surface area contributed by atoms with Crippen molar-refractivity contribution in [1.82, 2.24) is 10.2 Å². The van der Waals surface area contributed by atoms with E-state index in [2.05, 4.69) is 5.32 Å². The van der Waals surface area contributed by atoms with E-state index in [1.165, 1.54) is 29.8 Å². The first-order chi connectivity index (χ1) is 15.4. The van der Waals surface area contributed by atoms with Crippen LogP contribution in [0.1, 0.15) is 40.7 Å². The number of esters is 1. The Kier molecular flexibility index (Phi) is 8.36. The number of nitrogens with zero attached hydrogens (tertiary/aromatic N) is 1. The number of hydrogen-bond donors (Lipinski definition) is 1. The molecule has 0 spiro atoms. The van der Waals surface area contributed by atoms with Crippen LogP contribution in [0.15, 0.2) is 48.5 Å². The van der Waals surface area contributed by atoms with Crippen molar-refractivity contribution in [1.29, 1.82) is 0 Å². The molecular formula is C25H29FN2O4. The summed E-state index contributed by atoms with van der Waals surface area (Å²) in [6.07, 6.45) is 2.10. The zero-order valence-corrected chi connectivity index (χ0v) is 18.3. The van der Waals surface area contributed by atoms with E-state index in [9.17, 15) is 18.8 Å². The molecule has 1 aliphatic rings. The second-order valence-electron chi connectivity index (χ2n) is 8.08. The number of hydrogen-bond acceptors (Lipinski definition) is 4. The number of ether oxygens (including phenoxy) is 1. The fourth-order valence-corrected chi connectivity index (χ4v) is 3.65. The molecule has 1 fully saturated rings. The monoisotopic (exact) mass is 440 g/mol. The number of carbonyl (C=O) groups excluding carboxylic acids is 3. The van der Waals surface area contributed by atoms with Crippen LogP contribution in [0.3, 0.4) is 0 Å². The van der Waals surface area contributed by atoms with Gasteiger partial charge in [0.25, 0.3) is 5.91 Å². The van der Waals surface area contributed by atoms with Crippen LogP contribution in [0.25, 0.3) is 0 Å². The summed E-state index contributed by atoms with van der Waals surface area (Å²) in [5.74, 6) is -1.18. The highest BCUT2D eigenvalue weighted by molar-refractivity contribution is 5.94. The third kappa shape index (κ3) is 6.90. The van der Waals surface area contributed by atoms with E-state index in [0.717, 1.165) is 5.56 Å². The summed E-state index contributed by atoms with van der Waals surface area (Å²) in [6, 6.07) is 13.5. The normalized spacial score (nSPS) is 14.1. The van der Waals surface area contributed by atoms with Gasteiger partial charge in [-0.15, -0.1) is 0 Å². The van der Waals surface area contributed by atoms with Crippen LogP contribution in [0.5, 0.6) is 0 Å². The van der Waals surface area contributed by atoms with Gasteiger partial charge in [0.2, 0.25) is 5.91 Å². The van der Waals surface area contributed by atoms with Gasteiger partial charge in [0.05, 0.1) is 12.5 Å². The Morgan fingerprint density at radius 3 is 2.34 bits per heavy atom. The van der Waals surface area contributed by atoms with Crippen molar-refractivity contribution < 1.29 is 23.5 Å². The second-order valence-corrected chi connectivity index (χ2v) is 8.08. The molecule has 1 N–H and O–H groups in total. The second kappa shape index (κ2) is 11.4. The number of amides is 2. The molecule has 3 rings (SSSR count). The topological polar surface area (TPSA) is 75.7 Å². The summed E-state index contributed by atoms with van der Waals surface area (Å²) in [5.41, 5.74) is 2.73. The van der Waals surface area contributed by atoms with Gasteiger partial charge in [-0.2, -0.15) is 0 Å². The molecule has 2 aromatic rings. The molecular weight excluding hydrogens is 411 g/mol. The van der Waals surface area contributed by atoms with Crippen molar-refractivity contribution in [2.75, 3.05) is 26.2 Å². The first kappa shape index (κ1) is 23.4. The third-order valence-corrected chi connectivity index (χ3v) is 5.64. The maximum Gasteiger partial charge on any atom is 0.309 e. The van der Waals surface area contributed by atoms with Crippen LogP contribution in [-0.4, -0.2) is 48.9 Å². The lowest BCUT2D eigenvalue weighted by atomic mass is 9.96. The summed E-state index contributed by atoms with van der Waals surface area (Å²) >= 11 is 0. The van der Waals surface area contributed by atoms with Gasteiger partial charge in [0, 0.05) is 25.1 Å². The summed E-state index contributed by atoms with van der Waals surface area (Å²) in [7, 11) is 0. The number of piperidine rings is 1. The lowest BCUT2D eigenvalue weighted by Crippen LogP contribution is -2.41. The van der Waals surface area contributed by atoms with Crippen LogP contribution >= 0.6 is 0 Å². The summed E-state index contributed by atoms with van der Waals surface area (Å²) in [4.78, 5) is 38.4. The van der Waals surface area contributed by atoms with E-state index in [4.69, 9.17) is 4.74 Å². The molecule has 170 valence electrons.